The molecule has 0 saturated carbocycles. The Labute approximate surface area is 156 Å². The van der Waals surface area contributed by atoms with E-state index in [4.69, 9.17) is 0 Å². The fraction of sp³-hybridized carbons (Fsp3) is 0.333. The Morgan fingerprint density at radius 3 is 2.56 bits per heavy atom. The molecule has 0 N–H and O–H groups in total. The molecule has 0 spiro atoms. The van der Waals surface area contributed by atoms with E-state index in [0.717, 1.165) is 17.5 Å². The smallest absolute Gasteiger partial charge is 0.294 e. The van der Waals surface area contributed by atoms with Crippen molar-refractivity contribution in [3.05, 3.63) is 74.1 Å². The molecule has 0 fully saturated rings. The maximum Gasteiger partial charge on any atom is 0.332 e. The summed E-state index contributed by atoms with van der Waals surface area (Å²) in [6, 6.07) is 9.77. The number of ketones is 1. The third kappa shape index (κ3) is 2.91. The molecule has 3 aromatic rings. The molecule has 138 valence electrons. The summed E-state index contributed by atoms with van der Waals surface area (Å²) in [5.41, 5.74) is 2.04. The van der Waals surface area contributed by atoms with Gasteiger partial charge in [-0.2, -0.15) is 0 Å². The maximum atomic E-state index is 13.2. The second-order valence-electron chi connectivity index (χ2n) is 6.84. The number of benzene rings is 1. The summed E-state index contributed by atoms with van der Waals surface area (Å²) >= 11 is 0. The zero-order valence-corrected chi connectivity index (χ0v) is 15.3. The first-order valence-electron chi connectivity index (χ1n) is 9.34. The Balaban J connectivity index is 1.92. The van der Waals surface area contributed by atoms with E-state index < -0.39 is 0 Å². The number of carbonyl (C=O) groups is 1. The number of carbonyl (C=O) groups excluding carboxylic acids is 1. The van der Waals surface area contributed by atoms with Crippen molar-refractivity contribution in [2.24, 2.45) is 0 Å². The van der Waals surface area contributed by atoms with Crippen molar-refractivity contribution in [2.45, 2.75) is 45.7 Å². The highest BCUT2D eigenvalue weighted by Crippen LogP contribution is 2.25. The van der Waals surface area contributed by atoms with E-state index in [1.54, 1.807) is 0 Å². The van der Waals surface area contributed by atoms with E-state index in [9.17, 15) is 14.4 Å². The molecular weight excluding hydrogens is 342 g/mol. The number of hydrogen-bond acceptors (Lipinski definition) is 4. The van der Waals surface area contributed by atoms with Crippen molar-refractivity contribution in [2.75, 3.05) is 0 Å². The van der Waals surface area contributed by atoms with E-state index in [-0.39, 0.29) is 17.0 Å². The van der Waals surface area contributed by atoms with Crippen LogP contribution in [0.3, 0.4) is 0 Å². The second-order valence-corrected chi connectivity index (χ2v) is 6.84. The van der Waals surface area contributed by atoms with E-state index in [1.807, 2.05) is 37.3 Å². The molecule has 0 amide bonds. The van der Waals surface area contributed by atoms with E-state index >= 15 is 0 Å². The molecule has 0 aliphatic heterocycles. The molecule has 6 nitrogen and oxygen atoms in total. The van der Waals surface area contributed by atoms with Crippen molar-refractivity contribution in [3.8, 4) is 0 Å². The van der Waals surface area contributed by atoms with E-state index in [0.29, 0.717) is 48.9 Å². The van der Waals surface area contributed by atoms with Gasteiger partial charge in [-0.3, -0.25) is 18.7 Å². The minimum atomic E-state index is -0.347. The molecule has 2 heterocycles. The average molecular weight is 363 g/mol. The summed E-state index contributed by atoms with van der Waals surface area (Å²) in [7, 11) is 0. The molecule has 4 rings (SSSR count). The third-order valence-corrected chi connectivity index (χ3v) is 5.26. The Bertz CT molecular complexity index is 1140. The number of aryl methyl sites for hydroxylation is 3. The average Bonchev–Trinajstić information content (AvgIpc) is 2.69. The van der Waals surface area contributed by atoms with Crippen molar-refractivity contribution in [1.29, 1.82) is 0 Å². The fourth-order valence-electron chi connectivity index (χ4n) is 3.85. The number of pyridine rings is 1. The van der Waals surface area contributed by atoms with Crippen LogP contribution in [-0.2, 0) is 25.9 Å². The summed E-state index contributed by atoms with van der Waals surface area (Å²) in [5.74, 6) is 0.0233. The molecular formula is C21H21N3O3. The van der Waals surface area contributed by atoms with E-state index in [1.165, 1.54) is 15.3 Å². The summed E-state index contributed by atoms with van der Waals surface area (Å²) in [6.45, 7) is 2.58. The minimum absolute atomic E-state index is 0.0233. The van der Waals surface area contributed by atoms with Gasteiger partial charge in [0.2, 0.25) is 0 Å². The monoisotopic (exact) mass is 363 g/mol. The molecule has 0 radical (unpaired) electrons. The molecule has 6 heteroatoms. The molecule has 1 aliphatic carbocycles. The van der Waals surface area contributed by atoms with Gasteiger partial charge in [0.05, 0.1) is 5.39 Å². The van der Waals surface area contributed by atoms with Gasteiger partial charge < -0.3 is 0 Å². The van der Waals surface area contributed by atoms with Gasteiger partial charge in [0.15, 0.2) is 5.78 Å². The van der Waals surface area contributed by atoms with Gasteiger partial charge in [-0.1, -0.05) is 30.3 Å². The largest absolute Gasteiger partial charge is 0.332 e. The molecule has 0 saturated heterocycles. The lowest BCUT2D eigenvalue weighted by atomic mass is 9.90. The molecule has 27 heavy (non-hydrogen) atoms. The highest BCUT2D eigenvalue weighted by atomic mass is 16.2. The van der Waals surface area contributed by atoms with Gasteiger partial charge in [0, 0.05) is 31.3 Å². The summed E-state index contributed by atoms with van der Waals surface area (Å²) in [4.78, 5) is 42.7. The van der Waals surface area contributed by atoms with Gasteiger partial charge in [-0.15, -0.1) is 0 Å². The molecule has 1 aromatic carbocycles. The predicted molar refractivity (Wildman–Crippen MR) is 103 cm³/mol. The summed E-state index contributed by atoms with van der Waals surface area (Å²) < 4.78 is 2.82. The van der Waals surface area contributed by atoms with Crippen LogP contribution in [0, 0.1) is 0 Å². The van der Waals surface area contributed by atoms with Crippen LogP contribution in [0.4, 0.5) is 0 Å². The van der Waals surface area contributed by atoms with Crippen LogP contribution in [0.2, 0.25) is 0 Å². The lowest BCUT2D eigenvalue weighted by Crippen LogP contribution is -2.41. The van der Waals surface area contributed by atoms with Crippen LogP contribution in [0.5, 0.6) is 0 Å². The van der Waals surface area contributed by atoms with Crippen molar-refractivity contribution >= 4 is 16.8 Å². The van der Waals surface area contributed by atoms with Crippen molar-refractivity contribution in [1.82, 2.24) is 14.1 Å². The molecule has 1 aliphatic rings. The van der Waals surface area contributed by atoms with Gasteiger partial charge >= 0.3 is 5.69 Å². The quantitative estimate of drug-likeness (QED) is 0.713. The SMILES string of the molecule is CCn1c(=O)n(CCc2ccccc2)c(=O)c2c3c(cnc21)C(=O)CCC3. The Hall–Kier alpha value is -3.02. The number of nitrogens with zero attached hydrogens (tertiary/aromatic N) is 3. The van der Waals surface area contributed by atoms with Crippen molar-refractivity contribution in [3.63, 3.8) is 0 Å². The van der Waals surface area contributed by atoms with Crippen LogP contribution in [0.25, 0.3) is 11.0 Å². The standard InChI is InChI=1S/C21H21N3O3/c1-2-23-19-18(15-9-6-10-17(25)16(15)13-22-19)20(26)24(21(23)27)12-11-14-7-4-3-5-8-14/h3-5,7-8,13H,2,6,9-12H2,1H3. The number of rotatable bonds is 4. The van der Waals surface area contributed by atoms with Gasteiger partial charge in [0.1, 0.15) is 5.65 Å². The molecule has 0 atom stereocenters. The topological polar surface area (TPSA) is 74.0 Å². The molecule has 0 bridgehead atoms. The second kappa shape index (κ2) is 6.95. The Kier molecular flexibility index (Phi) is 4.48. The number of hydrogen-bond donors (Lipinski definition) is 0. The van der Waals surface area contributed by atoms with Crippen LogP contribution in [-0.4, -0.2) is 19.9 Å². The first kappa shape index (κ1) is 17.4. The highest BCUT2D eigenvalue weighted by Gasteiger charge is 2.24. The lowest BCUT2D eigenvalue weighted by Gasteiger charge is -2.19. The van der Waals surface area contributed by atoms with Gasteiger partial charge in [0.25, 0.3) is 5.56 Å². The summed E-state index contributed by atoms with van der Waals surface area (Å²) in [5, 5.41) is 0.426. The highest BCUT2D eigenvalue weighted by molar-refractivity contribution is 6.01. The van der Waals surface area contributed by atoms with E-state index in [2.05, 4.69) is 4.98 Å². The fourth-order valence-corrected chi connectivity index (χ4v) is 3.85. The lowest BCUT2D eigenvalue weighted by molar-refractivity contribution is 0.0972. The Morgan fingerprint density at radius 2 is 1.81 bits per heavy atom. The van der Waals surface area contributed by atoms with Gasteiger partial charge in [-0.25, -0.2) is 9.78 Å². The third-order valence-electron chi connectivity index (χ3n) is 5.26. The Morgan fingerprint density at radius 1 is 1.04 bits per heavy atom. The number of fused-ring (bicyclic) bond motifs is 3. The first-order valence-corrected chi connectivity index (χ1v) is 9.34. The molecule has 0 unspecified atom stereocenters. The zero-order valence-electron chi connectivity index (χ0n) is 15.3. The summed E-state index contributed by atoms with van der Waals surface area (Å²) in [6.07, 6.45) is 3.98. The van der Waals surface area contributed by atoms with Crippen LogP contribution in [0.1, 0.15) is 41.3 Å². The normalized spacial score (nSPS) is 13.7. The molecule has 2 aromatic heterocycles. The first-order chi connectivity index (χ1) is 13.1. The number of aromatic nitrogens is 3. The predicted octanol–water partition coefficient (Wildman–Crippen LogP) is 2.34. The maximum absolute atomic E-state index is 13.2. The minimum Gasteiger partial charge on any atom is -0.294 e. The van der Waals surface area contributed by atoms with Crippen LogP contribution < -0.4 is 11.2 Å². The number of Topliss-reactive ketones (excluding diaryl/α,β-unsaturated/α-hetero) is 1. The van der Waals surface area contributed by atoms with Crippen LogP contribution >= 0.6 is 0 Å². The zero-order chi connectivity index (χ0) is 19.0. The van der Waals surface area contributed by atoms with Crippen molar-refractivity contribution < 1.29 is 4.79 Å². The van der Waals surface area contributed by atoms with Crippen LogP contribution in [0.15, 0.2) is 46.1 Å². The van der Waals surface area contributed by atoms with Gasteiger partial charge in [-0.05, 0) is 37.3 Å².